The number of nitrogens with one attached hydrogen (secondary N) is 1. The molecule has 1 aromatic heterocycles. The van der Waals surface area contributed by atoms with Crippen LogP contribution >= 0.6 is 7.37 Å². The molecule has 28 heavy (non-hydrogen) atoms. The number of aromatic nitrogens is 1. The number of fused-ring (bicyclic) bond motifs is 1. The third-order valence-electron chi connectivity index (χ3n) is 4.96. The van der Waals surface area contributed by atoms with Gasteiger partial charge in [-0.1, -0.05) is 41.5 Å². The van der Waals surface area contributed by atoms with E-state index in [1.165, 1.54) is 0 Å². The fourth-order valence-corrected chi connectivity index (χ4v) is 6.59. The fourth-order valence-electron chi connectivity index (χ4n) is 3.44. The standard InChI is InChI=1S/C22H38N2O3P/c1-21(2,3)28(25,22(4,5)6)27-16-24(7,8)13-12-17-15-23-20-11-10-18(26-9)14-19(17)20/h10-11,14-15,23H,12-13,16H2,1-9H3/q+1/i7D3,8D3. The summed E-state index contributed by atoms with van der Waals surface area (Å²) in [6.45, 7) is 3.72. The van der Waals surface area contributed by atoms with E-state index >= 15 is 0 Å². The van der Waals surface area contributed by atoms with E-state index in [0.717, 1.165) is 16.5 Å². The van der Waals surface area contributed by atoms with Crippen molar-refractivity contribution >= 4 is 18.3 Å². The Morgan fingerprint density at radius 1 is 1.14 bits per heavy atom. The second kappa shape index (κ2) is 7.85. The molecule has 1 N–H and O–H groups in total. The lowest BCUT2D eigenvalue weighted by atomic mass is 10.1. The highest BCUT2D eigenvalue weighted by Gasteiger charge is 2.48. The van der Waals surface area contributed by atoms with Crippen molar-refractivity contribution in [1.82, 2.24) is 4.98 Å². The Morgan fingerprint density at radius 3 is 2.32 bits per heavy atom. The van der Waals surface area contributed by atoms with E-state index in [1.807, 2.05) is 12.1 Å². The number of methoxy groups -OCH3 is 1. The largest absolute Gasteiger partial charge is 0.497 e. The summed E-state index contributed by atoms with van der Waals surface area (Å²) in [5.74, 6) is 0.639. The second-order valence-corrected chi connectivity index (χ2v) is 13.4. The van der Waals surface area contributed by atoms with E-state index in [4.69, 9.17) is 17.5 Å². The smallest absolute Gasteiger partial charge is 0.217 e. The summed E-state index contributed by atoms with van der Waals surface area (Å²) in [5.41, 5.74) is 1.60. The first kappa shape index (κ1) is 15.5. The van der Waals surface area contributed by atoms with Crippen LogP contribution in [0.3, 0.4) is 0 Å². The van der Waals surface area contributed by atoms with Gasteiger partial charge in [-0.05, 0) is 23.8 Å². The third-order valence-corrected chi connectivity index (χ3v) is 8.98. The minimum absolute atomic E-state index is 0.155. The van der Waals surface area contributed by atoms with Gasteiger partial charge in [-0.2, -0.15) is 0 Å². The monoisotopic (exact) mass is 415 g/mol. The molecule has 2 aromatic rings. The molecule has 0 amide bonds. The number of nitrogens with zero attached hydrogens (tertiary/aromatic N) is 1. The molecule has 0 aliphatic rings. The molecule has 0 unspecified atom stereocenters. The summed E-state index contributed by atoms with van der Waals surface area (Å²) in [5, 5.41) is -0.792. The van der Waals surface area contributed by atoms with Gasteiger partial charge in [-0.25, -0.2) is 0 Å². The maximum absolute atomic E-state index is 14.0. The molecule has 6 heteroatoms. The molecule has 0 aliphatic heterocycles. The van der Waals surface area contributed by atoms with E-state index in [9.17, 15) is 4.57 Å². The summed E-state index contributed by atoms with van der Waals surface area (Å²) in [6.07, 6.45) is 1.90. The summed E-state index contributed by atoms with van der Waals surface area (Å²) >= 11 is 0. The molecule has 0 fully saturated rings. The lowest BCUT2D eigenvalue weighted by molar-refractivity contribution is -0.905. The Hall–Kier alpha value is -1.29. The van der Waals surface area contributed by atoms with Crippen LogP contribution in [0, 0.1) is 0 Å². The summed E-state index contributed by atoms with van der Waals surface area (Å²) in [6, 6.07) is 5.47. The van der Waals surface area contributed by atoms with E-state index in [-0.39, 0.29) is 13.0 Å². The molecule has 0 radical (unpaired) electrons. The molecule has 0 spiro atoms. The van der Waals surface area contributed by atoms with Gasteiger partial charge in [0.05, 0.1) is 35.8 Å². The van der Waals surface area contributed by atoms with Crippen LogP contribution in [0.25, 0.3) is 10.9 Å². The van der Waals surface area contributed by atoms with Gasteiger partial charge in [0.2, 0.25) is 7.37 Å². The molecule has 158 valence electrons. The summed E-state index contributed by atoms with van der Waals surface area (Å²) in [7, 11) is -1.94. The van der Waals surface area contributed by atoms with E-state index in [0.29, 0.717) is 5.75 Å². The van der Waals surface area contributed by atoms with Crippen molar-refractivity contribution < 1.29 is 26.5 Å². The lowest BCUT2D eigenvalue weighted by Gasteiger charge is -2.41. The number of quaternary nitrogens is 1. The van der Waals surface area contributed by atoms with Crippen LogP contribution < -0.4 is 4.74 Å². The van der Waals surface area contributed by atoms with Crippen molar-refractivity contribution in [1.29, 1.82) is 0 Å². The predicted octanol–water partition coefficient (Wildman–Crippen LogP) is 5.64. The molecule has 1 heterocycles. The number of hydrogen-bond donors (Lipinski definition) is 1. The molecule has 0 aliphatic carbocycles. The van der Waals surface area contributed by atoms with Gasteiger partial charge in [-0.3, -0.25) is 9.09 Å². The normalized spacial score (nSPS) is 18.0. The first-order valence-corrected chi connectivity index (χ1v) is 11.1. The molecule has 5 nitrogen and oxygen atoms in total. The Balaban J connectivity index is 2.51. The number of rotatable bonds is 7. The number of benzene rings is 1. The van der Waals surface area contributed by atoms with Gasteiger partial charge in [0.15, 0.2) is 6.73 Å². The Labute approximate surface area is 178 Å². The molecule has 0 saturated carbocycles. The topological polar surface area (TPSA) is 51.3 Å². The zero-order valence-corrected chi connectivity index (χ0v) is 18.9. The average molecular weight is 416 g/mol. The Bertz CT molecular complexity index is 1020. The fraction of sp³-hybridized carbons (Fsp3) is 0.636. The summed E-state index contributed by atoms with van der Waals surface area (Å²) in [4.78, 5) is 3.13. The highest BCUT2D eigenvalue weighted by atomic mass is 31.2. The average Bonchev–Trinajstić information content (AvgIpc) is 3.06. The molecular formula is C22H38N2O3P+. The molecule has 0 saturated heterocycles. The van der Waals surface area contributed by atoms with Crippen molar-refractivity contribution in [2.75, 3.05) is 34.3 Å². The predicted molar refractivity (Wildman–Crippen MR) is 119 cm³/mol. The highest BCUT2D eigenvalue weighted by Crippen LogP contribution is 2.67. The van der Waals surface area contributed by atoms with Gasteiger partial charge in [0, 0.05) is 33.8 Å². The number of hydrogen-bond acceptors (Lipinski definition) is 3. The number of ether oxygens (including phenoxy) is 1. The van der Waals surface area contributed by atoms with Crippen molar-refractivity contribution in [3.05, 3.63) is 30.0 Å². The highest BCUT2D eigenvalue weighted by molar-refractivity contribution is 7.62. The molecule has 2 rings (SSSR count). The van der Waals surface area contributed by atoms with Crippen molar-refractivity contribution in [3.8, 4) is 5.75 Å². The number of H-pyrrole nitrogens is 1. The van der Waals surface area contributed by atoms with Crippen molar-refractivity contribution in [3.63, 3.8) is 0 Å². The first-order chi connectivity index (χ1) is 15.2. The van der Waals surface area contributed by atoms with E-state index in [1.54, 1.807) is 60.9 Å². The minimum atomic E-state index is -3.49. The third kappa shape index (κ3) is 4.82. The summed E-state index contributed by atoms with van der Waals surface area (Å²) < 4.78 is 73.2. The van der Waals surface area contributed by atoms with E-state index in [2.05, 4.69) is 4.98 Å². The van der Waals surface area contributed by atoms with Crippen molar-refractivity contribution in [2.45, 2.75) is 58.3 Å². The molecule has 1 aromatic carbocycles. The maximum Gasteiger partial charge on any atom is 0.217 e. The SMILES string of the molecule is [2H]C([2H])([2H])[N+](CCc1c[nH]c2ccc(OC)cc12)(COP(=O)(C(C)(C)C)C(C)(C)C)C([2H])([2H])[2H]. The van der Waals surface area contributed by atoms with Crippen molar-refractivity contribution in [2.24, 2.45) is 0 Å². The Morgan fingerprint density at radius 2 is 1.79 bits per heavy atom. The van der Waals surface area contributed by atoms with Crippen LogP contribution in [0.15, 0.2) is 24.4 Å². The van der Waals surface area contributed by atoms with Crippen LogP contribution in [-0.4, -0.2) is 54.1 Å². The lowest BCUT2D eigenvalue weighted by Crippen LogP contribution is -2.44. The molecule has 0 bridgehead atoms. The molecular weight excluding hydrogens is 371 g/mol. The first-order valence-electron chi connectivity index (χ1n) is 12.5. The number of likely N-dealkylation sites (N-methyl/N-ethyl adjacent to an activating group) is 1. The van der Waals surface area contributed by atoms with Crippen LogP contribution in [0.1, 0.15) is 55.3 Å². The van der Waals surface area contributed by atoms with Crippen LogP contribution in [-0.2, 0) is 15.5 Å². The van der Waals surface area contributed by atoms with E-state index < -0.39 is 42.8 Å². The zero-order chi connectivity index (χ0) is 26.4. The van der Waals surface area contributed by atoms with Gasteiger partial charge in [-0.15, -0.1) is 0 Å². The van der Waals surface area contributed by atoms with Gasteiger partial charge in [0.25, 0.3) is 0 Å². The second-order valence-electron chi connectivity index (χ2n) is 9.32. The quantitative estimate of drug-likeness (QED) is 0.361. The molecule has 0 atom stereocenters. The number of aromatic amines is 1. The minimum Gasteiger partial charge on any atom is -0.497 e. The van der Waals surface area contributed by atoms with Gasteiger partial charge in [0.1, 0.15) is 5.75 Å². The zero-order valence-electron chi connectivity index (χ0n) is 24.0. The van der Waals surface area contributed by atoms with Crippen LogP contribution in [0.2, 0.25) is 0 Å². The Kier molecular flexibility index (Phi) is 4.36. The van der Waals surface area contributed by atoms with Gasteiger partial charge < -0.3 is 14.2 Å². The van der Waals surface area contributed by atoms with Gasteiger partial charge >= 0.3 is 0 Å². The van der Waals surface area contributed by atoms with Crippen LogP contribution in [0.4, 0.5) is 0 Å². The van der Waals surface area contributed by atoms with Crippen LogP contribution in [0.5, 0.6) is 5.75 Å². The maximum atomic E-state index is 14.0.